The summed E-state index contributed by atoms with van der Waals surface area (Å²) < 4.78 is 80.0. The molecule has 1 N–H and O–H groups in total. The molecule has 6 rings (SSSR count). The second-order valence-electron chi connectivity index (χ2n) is 11.0. The summed E-state index contributed by atoms with van der Waals surface area (Å²) in [6.45, 7) is 3.00. The Balaban J connectivity index is 1.29. The van der Waals surface area contributed by atoms with Crippen LogP contribution in [-0.2, 0) is 34.1 Å². The average molecular weight is 693 g/mol. The van der Waals surface area contributed by atoms with Crippen molar-refractivity contribution >= 4 is 21.8 Å². The molecule has 0 aliphatic heterocycles. The molecule has 49 heavy (non-hydrogen) atoms. The highest BCUT2D eigenvalue weighted by Crippen LogP contribution is 2.35. The highest BCUT2D eigenvalue weighted by Gasteiger charge is 2.31. The summed E-state index contributed by atoms with van der Waals surface area (Å²) in [5.74, 6) is -0.228. The number of tetrazole rings is 1. The maximum atomic E-state index is 13.7. The van der Waals surface area contributed by atoms with Gasteiger partial charge in [0.25, 0.3) is 10.0 Å². The van der Waals surface area contributed by atoms with Crippen LogP contribution in [0.3, 0.4) is 0 Å². The van der Waals surface area contributed by atoms with Gasteiger partial charge >= 0.3 is 6.18 Å². The number of halogens is 3. The van der Waals surface area contributed by atoms with Gasteiger partial charge in [0, 0.05) is 35.8 Å². The zero-order chi connectivity index (χ0) is 34.9. The van der Waals surface area contributed by atoms with E-state index in [0.29, 0.717) is 39.4 Å². The number of nitrogens with one attached hydrogen (secondary N) is 1. The highest BCUT2D eigenvalue weighted by molar-refractivity contribution is 7.92. The lowest BCUT2D eigenvalue weighted by atomic mass is 9.97. The Labute approximate surface area is 277 Å². The number of aromatic nitrogens is 6. The molecule has 6 aromatic rings. The second-order valence-corrected chi connectivity index (χ2v) is 12.7. The van der Waals surface area contributed by atoms with Crippen molar-refractivity contribution in [3.63, 3.8) is 0 Å². The van der Waals surface area contributed by atoms with Crippen molar-refractivity contribution in [2.45, 2.75) is 38.0 Å². The van der Waals surface area contributed by atoms with Crippen LogP contribution >= 0.6 is 0 Å². The van der Waals surface area contributed by atoms with E-state index in [9.17, 15) is 26.4 Å². The molecule has 0 aliphatic carbocycles. The minimum Gasteiger partial charge on any atom is -0.445 e. The van der Waals surface area contributed by atoms with Gasteiger partial charge in [0.05, 0.1) is 22.3 Å². The number of alkyl halides is 3. The highest BCUT2D eigenvalue weighted by atomic mass is 32.2. The fourth-order valence-corrected chi connectivity index (χ4v) is 6.21. The molecule has 3 aromatic carbocycles. The molecule has 0 aliphatic rings. The number of oxazole rings is 1. The zero-order valence-electron chi connectivity index (χ0n) is 26.1. The summed E-state index contributed by atoms with van der Waals surface area (Å²) in [5, 5.41) is 15.6. The van der Waals surface area contributed by atoms with Gasteiger partial charge in [-0.25, -0.2) is 18.1 Å². The van der Waals surface area contributed by atoms with Gasteiger partial charge < -0.3 is 13.8 Å². The van der Waals surface area contributed by atoms with Crippen LogP contribution in [0.1, 0.15) is 22.4 Å². The van der Waals surface area contributed by atoms with E-state index < -0.39 is 27.7 Å². The summed E-state index contributed by atoms with van der Waals surface area (Å²) >= 11 is 0. The minimum atomic E-state index is -4.55. The van der Waals surface area contributed by atoms with Crippen LogP contribution in [0.5, 0.6) is 0 Å². The van der Waals surface area contributed by atoms with Crippen LogP contribution in [0.25, 0.3) is 34.0 Å². The van der Waals surface area contributed by atoms with E-state index >= 15 is 0 Å². The first-order chi connectivity index (χ1) is 23.3. The third kappa shape index (κ3) is 7.06. The molecule has 0 atom stereocenters. The lowest BCUT2D eigenvalue weighted by Gasteiger charge is -2.21. The van der Waals surface area contributed by atoms with Gasteiger partial charge in [-0.3, -0.25) is 4.79 Å². The van der Waals surface area contributed by atoms with Crippen molar-refractivity contribution in [2.75, 3.05) is 11.8 Å². The fourth-order valence-electron chi connectivity index (χ4n) is 4.94. The maximum absolute atomic E-state index is 13.7. The number of anilines is 1. The Morgan fingerprint density at radius 3 is 2.51 bits per heavy atom. The van der Waals surface area contributed by atoms with Crippen LogP contribution < -0.4 is 4.72 Å². The predicted octanol–water partition coefficient (Wildman–Crippen LogP) is 5.75. The van der Waals surface area contributed by atoms with Gasteiger partial charge in [-0.15, -0.1) is 10.2 Å². The first-order valence-corrected chi connectivity index (χ1v) is 16.1. The number of carbonyl (C=O) groups excluding carboxylic acids is 1. The van der Waals surface area contributed by atoms with Gasteiger partial charge in [0.2, 0.25) is 23.5 Å². The Hall–Kier alpha value is -5.84. The third-order valence-electron chi connectivity index (χ3n) is 7.65. The van der Waals surface area contributed by atoms with E-state index in [-0.39, 0.29) is 35.3 Å². The lowest BCUT2D eigenvalue weighted by molar-refractivity contribution is -0.137. The van der Waals surface area contributed by atoms with Crippen molar-refractivity contribution in [3.8, 4) is 34.0 Å². The lowest BCUT2D eigenvalue weighted by Crippen LogP contribution is -2.30. The Morgan fingerprint density at radius 2 is 1.80 bits per heavy atom. The number of carbonyl (C=O) groups is 1. The molecule has 0 unspecified atom stereocenters. The third-order valence-corrected chi connectivity index (χ3v) is 9.04. The van der Waals surface area contributed by atoms with E-state index in [2.05, 4.69) is 30.3 Å². The molecule has 3 heterocycles. The van der Waals surface area contributed by atoms with Crippen LogP contribution in [0.15, 0.2) is 93.0 Å². The SMILES string of the molecule is Cc1noc(NS(=O)(=O)c2ccccc2-c2ccc(-c3ncco3)cc2CN(C)C(=O)Cn2nnc(-c3cccc(C(F)(F)F)c3)n2)c1C. The topological polar surface area (TPSA) is 162 Å². The van der Waals surface area contributed by atoms with Crippen molar-refractivity contribution in [1.82, 2.24) is 35.2 Å². The molecule has 0 radical (unpaired) electrons. The standard InChI is InChI=1S/C32H27F3N8O5S/c1-19-20(2)39-48-30(19)40-49(45,46)27-10-5-4-9-26(27)25-12-11-22(31-36-13-14-47-31)15-23(25)17-42(3)28(44)18-43-38-29(37-41-43)21-7-6-8-24(16-21)32(33,34)35/h4-16,40H,17-18H2,1-3H3. The number of hydrogen-bond donors (Lipinski definition) is 1. The van der Waals surface area contributed by atoms with Crippen LogP contribution in [0, 0.1) is 13.8 Å². The number of aryl methyl sites for hydroxylation is 1. The molecule has 0 saturated heterocycles. The van der Waals surface area contributed by atoms with E-state index in [0.717, 1.165) is 16.9 Å². The fraction of sp³-hybridized carbons (Fsp3) is 0.188. The van der Waals surface area contributed by atoms with Gasteiger partial charge in [-0.1, -0.05) is 41.6 Å². The number of nitrogens with zero attached hydrogens (tertiary/aromatic N) is 7. The van der Waals surface area contributed by atoms with Gasteiger partial charge in [0.15, 0.2) is 0 Å². The molecule has 0 spiro atoms. The second kappa shape index (κ2) is 13.0. The minimum absolute atomic E-state index is 0.000114. The first kappa shape index (κ1) is 33.1. The molecule has 1 amide bonds. The number of likely N-dealkylation sites (N-methyl/N-ethyl adjacent to an activating group) is 1. The number of sulfonamides is 1. The zero-order valence-corrected chi connectivity index (χ0v) is 27.0. The van der Waals surface area contributed by atoms with Crippen LogP contribution in [0.2, 0.25) is 0 Å². The Kier molecular flexibility index (Phi) is 8.77. The summed E-state index contributed by atoms with van der Waals surface area (Å²) in [7, 11) is -2.64. The average Bonchev–Trinajstić information content (AvgIpc) is 3.85. The predicted molar refractivity (Wildman–Crippen MR) is 169 cm³/mol. The Morgan fingerprint density at radius 1 is 1.00 bits per heavy atom. The largest absolute Gasteiger partial charge is 0.445 e. The van der Waals surface area contributed by atoms with Crippen molar-refractivity contribution < 1.29 is 35.3 Å². The van der Waals surface area contributed by atoms with Crippen LogP contribution in [0.4, 0.5) is 19.1 Å². The Bertz CT molecular complexity index is 2250. The molecular formula is C32H27F3N8O5S. The molecule has 252 valence electrons. The number of benzene rings is 3. The van der Waals surface area contributed by atoms with E-state index in [4.69, 9.17) is 8.94 Å². The molecule has 0 saturated carbocycles. The maximum Gasteiger partial charge on any atom is 0.416 e. The van der Waals surface area contributed by atoms with Crippen LogP contribution in [-0.4, -0.2) is 56.6 Å². The molecule has 13 nitrogen and oxygen atoms in total. The van der Waals surface area contributed by atoms with Gasteiger partial charge in [0.1, 0.15) is 12.8 Å². The summed E-state index contributed by atoms with van der Waals surface area (Å²) in [6, 6.07) is 16.0. The first-order valence-electron chi connectivity index (χ1n) is 14.6. The summed E-state index contributed by atoms with van der Waals surface area (Å²) in [4.78, 5) is 19.9. The number of rotatable bonds is 10. The summed E-state index contributed by atoms with van der Waals surface area (Å²) in [5.41, 5.74) is 2.29. The van der Waals surface area contributed by atoms with Gasteiger partial charge in [-0.05, 0) is 60.5 Å². The molecular weight excluding hydrogens is 665 g/mol. The van der Waals surface area contributed by atoms with Gasteiger partial charge in [-0.2, -0.15) is 18.0 Å². The van der Waals surface area contributed by atoms with E-state index in [1.165, 1.54) is 42.6 Å². The summed E-state index contributed by atoms with van der Waals surface area (Å²) in [6.07, 6.45) is -1.65. The van der Waals surface area contributed by atoms with E-state index in [1.54, 1.807) is 50.2 Å². The molecule has 3 aromatic heterocycles. The quantitative estimate of drug-likeness (QED) is 0.187. The van der Waals surface area contributed by atoms with Crippen molar-refractivity contribution in [2.24, 2.45) is 0 Å². The number of amides is 1. The molecule has 0 fully saturated rings. The smallest absolute Gasteiger partial charge is 0.416 e. The molecule has 0 bridgehead atoms. The monoisotopic (exact) mass is 692 g/mol. The number of hydrogen-bond acceptors (Lipinski definition) is 10. The normalized spacial score (nSPS) is 11.9. The van der Waals surface area contributed by atoms with Crippen molar-refractivity contribution in [1.29, 1.82) is 0 Å². The van der Waals surface area contributed by atoms with E-state index in [1.807, 2.05) is 0 Å². The molecule has 17 heteroatoms. The van der Waals surface area contributed by atoms with Crippen molar-refractivity contribution in [3.05, 3.63) is 102 Å².